The van der Waals surface area contributed by atoms with Crippen LogP contribution in [0.1, 0.15) is 60.8 Å². The van der Waals surface area contributed by atoms with Gasteiger partial charge in [-0.25, -0.2) is 14.8 Å². The first-order valence-corrected chi connectivity index (χ1v) is 16.4. The summed E-state index contributed by atoms with van der Waals surface area (Å²) in [6.45, 7) is 10.4. The van der Waals surface area contributed by atoms with Crippen LogP contribution in [0.5, 0.6) is 0 Å². The number of nitriles is 1. The van der Waals surface area contributed by atoms with E-state index in [0.29, 0.717) is 21.8 Å². The molecule has 0 amide bonds. The lowest BCUT2D eigenvalue weighted by atomic mass is 10.0. The quantitative estimate of drug-likeness (QED) is 0.383. The average Bonchev–Trinajstić information content (AvgIpc) is 3.47. The van der Waals surface area contributed by atoms with E-state index in [0.717, 1.165) is 44.9 Å². The third-order valence-corrected chi connectivity index (χ3v) is 9.61. The van der Waals surface area contributed by atoms with Crippen molar-refractivity contribution in [3.8, 4) is 6.07 Å². The molecule has 250 valence electrons. The van der Waals surface area contributed by atoms with Gasteiger partial charge in [-0.3, -0.25) is 14.6 Å². The predicted octanol–water partition coefficient (Wildman–Crippen LogP) is 4.83. The first kappa shape index (κ1) is 35.7. The van der Waals surface area contributed by atoms with Crippen molar-refractivity contribution in [2.75, 3.05) is 57.8 Å². The molecule has 2 unspecified atom stereocenters. The number of benzene rings is 1. The lowest BCUT2D eigenvalue weighted by Crippen LogP contribution is -2.52. The molecule has 1 aromatic heterocycles. The summed E-state index contributed by atoms with van der Waals surface area (Å²) < 4.78 is 32.4. The standard InChI is InChI=1S/C30H40BrN7O.C2HF3O2/c1-22-3-8-26(17-22)38(30-27(31)19-33-29(18-32)34-30)21-28(39)24-6-4-23(5-7-24)20-36-11-9-25(10-12-36)37-15-13-35(2)14-16-37;3-2(4,5)1(6)7/h4-7,19,22,25-26H,3,8-17,20-21H2,1-2H3;(H,6,7). The summed E-state index contributed by atoms with van der Waals surface area (Å²) in [5.41, 5.74) is 1.97. The van der Waals surface area contributed by atoms with Crippen molar-refractivity contribution in [2.45, 2.75) is 63.8 Å². The van der Waals surface area contributed by atoms with E-state index >= 15 is 0 Å². The number of rotatable bonds is 8. The molecule has 0 bridgehead atoms. The fraction of sp³-hybridized carbons (Fsp3) is 0.594. The zero-order valence-corrected chi connectivity index (χ0v) is 27.8. The number of carboxylic acid groups (broad SMARTS) is 1. The molecule has 1 aromatic carbocycles. The smallest absolute Gasteiger partial charge is 0.475 e. The van der Waals surface area contributed by atoms with E-state index in [1.54, 1.807) is 6.20 Å². The van der Waals surface area contributed by atoms with Gasteiger partial charge in [0.25, 0.3) is 0 Å². The van der Waals surface area contributed by atoms with Crippen LogP contribution in [-0.2, 0) is 11.3 Å². The number of nitrogens with zero attached hydrogens (tertiary/aromatic N) is 7. The summed E-state index contributed by atoms with van der Waals surface area (Å²) in [7, 11) is 2.22. The van der Waals surface area contributed by atoms with Gasteiger partial charge in [0, 0.05) is 56.6 Å². The number of Topliss-reactive ketones (excluding diaryl/α,β-unsaturated/α-hetero) is 1. The fourth-order valence-electron chi connectivity index (χ4n) is 6.38. The summed E-state index contributed by atoms with van der Waals surface area (Å²) >= 11 is 3.56. The Morgan fingerprint density at radius 3 is 2.24 bits per heavy atom. The Kier molecular flexibility index (Phi) is 12.5. The van der Waals surface area contributed by atoms with Gasteiger partial charge in [-0.1, -0.05) is 31.2 Å². The highest BCUT2D eigenvalue weighted by Gasteiger charge is 2.38. The summed E-state index contributed by atoms with van der Waals surface area (Å²) in [6, 6.07) is 11.1. The van der Waals surface area contributed by atoms with Gasteiger partial charge in [-0.2, -0.15) is 18.4 Å². The number of piperidine rings is 1. The fourth-order valence-corrected chi connectivity index (χ4v) is 6.80. The Morgan fingerprint density at radius 1 is 1.07 bits per heavy atom. The van der Waals surface area contributed by atoms with E-state index in [1.165, 1.54) is 44.6 Å². The molecule has 2 saturated heterocycles. The number of piperazine rings is 1. The minimum atomic E-state index is -5.08. The van der Waals surface area contributed by atoms with Gasteiger partial charge < -0.3 is 14.9 Å². The van der Waals surface area contributed by atoms with E-state index in [4.69, 9.17) is 9.90 Å². The summed E-state index contributed by atoms with van der Waals surface area (Å²) in [6.07, 6.45) is 2.15. The number of halogens is 4. The number of hydrogen-bond acceptors (Lipinski definition) is 9. The minimum Gasteiger partial charge on any atom is -0.475 e. The second-order valence-corrected chi connectivity index (χ2v) is 13.3. The predicted molar refractivity (Wildman–Crippen MR) is 170 cm³/mol. The van der Waals surface area contributed by atoms with Gasteiger partial charge in [-0.05, 0) is 79.7 Å². The topological polar surface area (TPSA) is 117 Å². The van der Waals surface area contributed by atoms with Crippen LogP contribution in [0.3, 0.4) is 0 Å². The number of likely N-dealkylation sites (tertiary alicyclic amines) is 1. The number of carbonyl (C=O) groups is 2. The minimum absolute atomic E-state index is 0.0677. The molecular formula is C32H41BrF3N7O3. The molecule has 46 heavy (non-hydrogen) atoms. The van der Waals surface area contributed by atoms with Crippen molar-refractivity contribution in [2.24, 2.45) is 5.92 Å². The number of carbonyl (C=O) groups excluding carboxylic acids is 1. The van der Waals surface area contributed by atoms with Gasteiger partial charge in [0.05, 0.1) is 11.0 Å². The Labute approximate surface area is 276 Å². The molecule has 3 fully saturated rings. The molecule has 0 radical (unpaired) electrons. The van der Waals surface area contributed by atoms with E-state index in [-0.39, 0.29) is 24.2 Å². The summed E-state index contributed by atoms with van der Waals surface area (Å²) in [4.78, 5) is 40.6. The Balaban J connectivity index is 0.000000617. The molecule has 1 aliphatic carbocycles. The molecule has 5 rings (SSSR count). The maximum absolute atomic E-state index is 13.5. The normalized spacial score (nSPS) is 21.7. The third-order valence-electron chi connectivity index (χ3n) is 9.06. The number of aliphatic carboxylic acids is 1. The average molecular weight is 709 g/mol. The molecule has 3 heterocycles. The zero-order valence-electron chi connectivity index (χ0n) is 26.2. The maximum Gasteiger partial charge on any atom is 0.490 e. The van der Waals surface area contributed by atoms with Crippen LogP contribution >= 0.6 is 15.9 Å². The largest absolute Gasteiger partial charge is 0.490 e. The number of alkyl halides is 3. The molecular weight excluding hydrogens is 667 g/mol. The summed E-state index contributed by atoms with van der Waals surface area (Å²) in [5, 5.41) is 16.5. The van der Waals surface area contributed by atoms with Gasteiger partial charge in [0.15, 0.2) is 5.78 Å². The molecule has 1 N–H and O–H groups in total. The van der Waals surface area contributed by atoms with Crippen molar-refractivity contribution < 1.29 is 27.9 Å². The lowest BCUT2D eigenvalue weighted by Gasteiger charge is -2.42. The van der Waals surface area contributed by atoms with Gasteiger partial charge in [0.1, 0.15) is 11.9 Å². The van der Waals surface area contributed by atoms with Crippen molar-refractivity contribution in [3.63, 3.8) is 0 Å². The van der Waals surface area contributed by atoms with Crippen LogP contribution in [0.15, 0.2) is 34.9 Å². The monoisotopic (exact) mass is 707 g/mol. The highest BCUT2D eigenvalue weighted by Crippen LogP contribution is 2.34. The highest BCUT2D eigenvalue weighted by atomic mass is 79.9. The molecule has 3 aliphatic rings. The van der Waals surface area contributed by atoms with E-state index in [9.17, 15) is 23.2 Å². The van der Waals surface area contributed by atoms with Crippen molar-refractivity contribution >= 4 is 33.5 Å². The molecule has 2 aromatic rings. The number of likely N-dealkylation sites (N-methyl/N-ethyl adjacent to an activating group) is 1. The van der Waals surface area contributed by atoms with Crippen LogP contribution in [0, 0.1) is 17.2 Å². The Bertz CT molecular complexity index is 1370. The third kappa shape index (κ3) is 9.94. The molecule has 1 saturated carbocycles. The van der Waals surface area contributed by atoms with Crippen LogP contribution in [0.25, 0.3) is 0 Å². The van der Waals surface area contributed by atoms with Crippen molar-refractivity contribution in [1.29, 1.82) is 5.26 Å². The van der Waals surface area contributed by atoms with Gasteiger partial charge in [0.2, 0.25) is 5.82 Å². The number of anilines is 1. The molecule has 2 aliphatic heterocycles. The maximum atomic E-state index is 13.5. The Morgan fingerprint density at radius 2 is 1.70 bits per heavy atom. The number of ketones is 1. The number of carboxylic acids is 1. The van der Waals surface area contributed by atoms with E-state index in [2.05, 4.69) is 71.6 Å². The molecule has 0 spiro atoms. The highest BCUT2D eigenvalue weighted by molar-refractivity contribution is 9.10. The van der Waals surface area contributed by atoms with Crippen LogP contribution in [-0.4, -0.2) is 113 Å². The van der Waals surface area contributed by atoms with Gasteiger partial charge in [-0.15, -0.1) is 0 Å². The van der Waals surface area contributed by atoms with Crippen LogP contribution in [0.2, 0.25) is 0 Å². The molecule has 14 heteroatoms. The first-order valence-electron chi connectivity index (χ1n) is 15.6. The second-order valence-electron chi connectivity index (χ2n) is 12.4. The SMILES string of the molecule is CC1CCC(N(CC(=O)c2ccc(CN3CCC(N4CCN(C)CC4)CC3)cc2)c2nc(C#N)ncc2Br)C1.O=C(O)C(F)(F)F. The molecule has 10 nitrogen and oxygen atoms in total. The lowest BCUT2D eigenvalue weighted by molar-refractivity contribution is -0.192. The zero-order chi connectivity index (χ0) is 33.4. The summed E-state index contributed by atoms with van der Waals surface area (Å²) in [5.74, 6) is -1.33. The molecule has 2 atom stereocenters. The van der Waals surface area contributed by atoms with Crippen molar-refractivity contribution in [1.82, 2.24) is 24.7 Å². The Hall–Kier alpha value is -3.12. The van der Waals surface area contributed by atoms with Crippen molar-refractivity contribution in [3.05, 3.63) is 51.9 Å². The number of hydrogen-bond donors (Lipinski definition) is 1. The second kappa shape index (κ2) is 16.1. The van der Waals surface area contributed by atoms with Crippen LogP contribution < -0.4 is 4.90 Å². The first-order chi connectivity index (χ1) is 21.8. The van der Waals surface area contributed by atoms with Crippen LogP contribution in [0.4, 0.5) is 19.0 Å². The van der Waals surface area contributed by atoms with E-state index in [1.807, 2.05) is 18.2 Å². The number of aromatic nitrogens is 2. The van der Waals surface area contributed by atoms with Gasteiger partial charge >= 0.3 is 12.1 Å². The van der Waals surface area contributed by atoms with E-state index < -0.39 is 12.1 Å².